The third-order valence-corrected chi connectivity index (χ3v) is 4.33. The number of nitrogens with zero attached hydrogens (tertiary/aromatic N) is 1. The van der Waals surface area contributed by atoms with Crippen LogP contribution in [0.1, 0.15) is 45.4 Å². The predicted octanol–water partition coefficient (Wildman–Crippen LogP) is 1.88. The van der Waals surface area contributed by atoms with Crippen LogP contribution in [0.25, 0.3) is 0 Å². The molecular formula is C13H25N3S. The van der Waals surface area contributed by atoms with Gasteiger partial charge in [-0.25, -0.2) is 0 Å². The summed E-state index contributed by atoms with van der Waals surface area (Å²) < 4.78 is 0. The molecule has 0 aromatic heterocycles. The molecule has 17 heavy (non-hydrogen) atoms. The maximum absolute atomic E-state index is 5.34. The van der Waals surface area contributed by atoms with E-state index < -0.39 is 0 Å². The Kier molecular flexibility index (Phi) is 4.62. The van der Waals surface area contributed by atoms with Crippen LogP contribution in [-0.4, -0.2) is 41.7 Å². The quantitative estimate of drug-likeness (QED) is 0.734. The molecule has 0 aromatic carbocycles. The molecule has 2 N–H and O–H groups in total. The molecule has 0 heterocycles. The van der Waals surface area contributed by atoms with Gasteiger partial charge in [0.05, 0.1) is 0 Å². The zero-order valence-electron chi connectivity index (χ0n) is 11.0. The van der Waals surface area contributed by atoms with Gasteiger partial charge in [-0.1, -0.05) is 12.8 Å². The minimum atomic E-state index is 0.561. The van der Waals surface area contributed by atoms with Crippen LogP contribution in [0.4, 0.5) is 0 Å². The molecule has 98 valence electrons. The summed E-state index contributed by atoms with van der Waals surface area (Å²) in [6.45, 7) is 3.22. The first-order valence-corrected chi connectivity index (χ1v) is 7.34. The Morgan fingerprint density at radius 3 is 2.53 bits per heavy atom. The largest absolute Gasteiger partial charge is 0.361 e. The molecule has 0 bridgehead atoms. The second-order valence-electron chi connectivity index (χ2n) is 5.58. The van der Waals surface area contributed by atoms with Crippen molar-refractivity contribution in [3.63, 3.8) is 0 Å². The SMILES string of the molecule is CC(CNC(=S)NC1CCCC1)N(C)C1CC1. The molecule has 2 aliphatic rings. The third-order valence-electron chi connectivity index (χ3n) is 4.07. The van der Waals surface area contributed by atoms with E-state index in [9.17, 15) is 0 Å². The van der Waals surface area contributed by atoms with Crippen molar-refractivity contribution in [3.05, 3.63) is 0 Å². The fraction of sp³-hybridized carbons (Fsp3) is 0.923. The van der Waals surface area contributed by atoms with Crippen LogP contribution in [0.5, 0.6) is 0 Å². The van der Waals surface area contributed by atoms with Gasteiger partial charge < -0.3 is 10.6 Å². The van der Waals surface area contributed by atoms with Crippen LogP contribution >= 0.6 is 12.2 Å². The lowest BCUT2D eigenvalue weighted by Gasteiger charge is -2.25. The smallest absolute Gasteiger partial charge is 0.166 e. The van der Waals surface area contributed by atoms with E-state index in [4.69, 9.17) is 12.2 Å². The average molecular weight is 255 g/mol. The zero-order valence-corrected chi connectivity index (χ0v) is 11.9. The van der Waals surface area contributed by atoms with E-state index in [0.29, 0.717) is 12.1 Å². The number of likely N-dealkylation sites (N-methyl/N-ethyl adjacent to an activating group) is 1. The van der Waals surface area contributed by atoms with Crippen LogP contribution in [-0.2, 0) is 0 Å². The molecular weight excluding hydrogens is 230 g/mol. The van der Waals surface area contributed by atoms with Gasteiger partial charge in [-0.15, -0.1) is 0 Å². The van der Waals surface area contributed by atoms with Gasteiger partial charge in [-0.05, 0) is 51.9 Å². The van der Waals surface area contributed by atoms with E-state index in [1.165, 1.54) is 38.5 Å². The Balaban J connectivity index is 1.61. The highest BCUT2D eigenvalue weighted by atomic mass is 32.1. The van der Waals surface area contributed by atoms with Crippen LogP contribution in [0, 0.1) is 0 Å². The van der Waals surface area contributed by atoms with E-state index >= 15 is 0 Å². The van der Waals surface area contributed by atoms with Crippen molar-refractivity contribution in [1.29, 1.82) is 0 Å². The summed E-state index contributed by atoms with van der Waals surface area (Å²) >= 11 is 5.34. The van der Waals surface area contributed by atoms with Crippen molar-refractivity contribution in [2.24, 2.45) is 0 Å². The Labute approximate surface area is 110 Å². The maximum Gasteiger partial charge on any atom is 0.166 e. The Hall–Kier alpha value is -0.350. The molecule has 0 aliphatic heterocycles. The van der Waals surface area contributed by atoms with Gasteiger partial charge >= 0.3 is 0 Å². The molecule has 4 heteroatoms. The first-order valence-electron chi connectivity index (χ1n) is 6.93. The highest BCUT2D eigenvalue weighted by Gasteiger charge is 2.29. The van der Waals surface area contributed by atoms with Crippen LogP contribution in [0.15, 0.2) is 0 Å². The molecule has 1 atom stereocenters. The summed E-state index contributed by atoms with van der Waals surface area (Å²) in [6, 6.07) is 2.00. The highest BCUT2D eigenvalue weighted by molar-refractivity contribution is 7.80. The minimum absolute atomic E-state index is 0.561. The van der Waals surface area contributed by atoms with Gasteiger partial charge in [-0.3, -0.25) is 4.90 Å². The second kappa shape index (κ2) is 6.01. The van der Waals surface area contributed by atoms with Gasteiger partial charge in [0.25, 0.3) is 0 Å². The number of hydrogen-bond acceptors (Lipinski definition) is 2. The fourth-order valence-corrected chi connectivity index (χ4v) is 2.78. The van der Waals surface area contributed by atoms with Crippen molar-refractivity contribution >= 4 is 17.3 Å². The monoisotopic (exact) mass is 255 g/mol. The molecule has 2 fully saturated rings. The summed E-state index contributed by atoms with van der Waals surface area (Å²) in [5.41, 5.74) is 0. The Morgan fingerprint density at radius 1 is 1.29 bits per heavy atom. The maximum atomic E-state index is 5.34. The third kappa shape index (κ3) is 4.11. The highest BCUT2D eigenvalue weighted by Crippen LogP contribution is 2.26. The summed E-state index contributed by atoms with van der Waals surface area (Å²) in [5, 5.41) is 7.61. The molecule has 2 aliphatic carbocycles. The van der Waals surface area contributed by atoms with Gasteiger partial charge in [0.2, 0.25) is 0 Å². The number of nitrogens with one attached hydrogen (secondary N) is 2. The summed E-state index contributed by atoms with van der Waals surface area (Å²) in [6.07, 6.45) is 7.98. The van der Waals surface area contributed by atoms with Crippen molar-refractivity contribution in [2.45, 2.75) is 63.6 Å². The summed E-state index contributed by atoms with van der Waals surface area (Å²) in [7, 11) is 2.22. The van der Waals surface area contributed by atoms with E-state index in [-0.39, 0.29) is 0 Å². The van der Waals surface area contributed by atoms with Crippen molar-refractivity contribution in [3.8, 4) is 0 Å². The van der Waals surface area contributed by atoms with Gasteiger partial charge in [0.15, 0.2) is 5.11 Å². The molecule has 0 spiro atoms. The fourth-order valence-electron chi connectivity index (χ4n) is 2.53. The lowest BCUT2D eigenvalue weighted by atomic mass is 10.2. The normalized spacial score (nSPS) is 22.8. The molecule has 0 amide bonds. The average Bonchev–Trinajstić information content (AvgIpc) is 3.05. The Bertz CT molecular complexity index is 259. The minimum Gasteiger partial charge on any atom is -0.361 e. The van der Waals surface area contributed by atoms with E-state index in [2.05, 4.69) is 29.5 Å². The van der Waals surface area contributed by atoms with E-state index in [0.717, 1.165) is 17.7 Å². The molecule has 2 rings (SSSR count). The molecule has 0 saturated heterocycles. The van der Waals surface area contributed by atoms with Gasteiger partial charge in [-0.2, -0.15) is 0 Å². The van der Waals surface area contributed by atoms with E-state index in [1.807, 2.05) is 0 Å². The van der Waals surface area contributed by atoms with Gasteiger partial charge in [0.1, 0.15) is 0 Å². The molecule has 1 unspecified atom stereocenters. The van der Waals surface area contributed by atoms with Crippen LogP contribution in [0.2, 0.25) is 0 Å². The standard InChI is InChI=1S/C13H25N3S/c1-10(16(2)12-7-8-12)9-14-13(17)15-11-5-3-4-6-11/h10-12H,3-9H2,1-2H3,(H2,14,15,17). The molecule has 0 radical (unpaired) electrons. The Morgan fingerprint density at radius 2 is 1.94 bits per heavy atom. The van der Waals surface area contributed by atoms with Crippen molar-refractivity contribution < 1.29 is 0 Å². The van der Waals surface area contributed by atoms with Gasteiger partial charge in [0, 0.05) is 24.7 Å². The lowest BCUT2D eigenvalue weighted by Crippen LogP contribution is -2.46. The first kappa shape index (κ1) is 13.1. The number of thiocarbonyl (C=S) groups is 1. The van der Waals surface area contributed by atoms with E-state index in [1.54, 1.807) is 0 Å². The molecule has 3 nitrogen and oxygen atoms in total. The first-order chi connectivity index (χ1) is 8.16. The zero-order chi connectivity index (χ0) is 12.3. The summed E-state index contributed by atoms with van der Waals surface area (Å²) in [4.78, 5) is 2.46. The summed E-state index contributed by atoms with van der Waals surface area (Å²) in [5.74, 6) is 0. The topological polar surface area (TPSA) is 27.3 Å². The number of hydrogen-bond donors (Lipinski definition) is 2. The molecule has 2 saturated carbocycles. The van der Waals surface area contributed by atoms with Crippen molar-refractivity contribution in [2.75, 3.05) is 13.6 Å². The lowest BCUT2D eigenvalue weighted by molar-refractivity contribution is 0.247. The predicted molar refractivity (Wildman–Crippen MR) is 76.2 cm³/mol. The van der Waals surface area contributed by atoms with Crippen LogP contribution < -0.4 is 10.6 Å². The molecule has 0 aromatic rings. The number of rotatable bonds is 5. The van der Waals surface area contributed by atoms with Crippen LogP contribution in [0.3, 0.4) is 0 Å². The van der Waals surface area contributed by atoms with Crippen molar-refractivity contribution in [1.82, 2.24) is 15.5 Å². The second-order valence-corrected chi connectivity index (χ2v) is 5.99.